The highest BCUT2D eigenvalue weighted by Gasteiger charge is 2.21. The lowest BCUT2D eigenvalue weighted by Crippen LogP contribution is -2.35. The Morgan fingerprint density at radius 1 is 1.42 bits per heavy atom. The molecule has 3 rings (SSSR count). The zero-order valence-electron chi connectivity index (χ0n) is 14.7. The Hall–Kier alpha value is -1.06. The fourth-order valence-corrected chi connectivity index (χ4v) is 3.68. The van der Waals surface area contributed by atoms with Crippen LogP contribution in [0.4, 0.5) is 0 Å². The van der Waals surface area contributed by atoms with Crippen molar-refractivity contribution in [3.63, 3.8) is 0 Å². The van der Waals surface area contributed by atoms with Gasteiger partial charge in [0.1, 0.15) is 11.6 Å². The van der Waals surface area contributed by atoms with Crippen molar-refractivity contribution in [1.29, 1.82) is 0 Å². The lowest BCUT2D eigenvalue weighted by Gasteiger charge is -2.23. The van der Waals surface area contributed by atoms with Gasteiger partial charge >= 0.3 is 0 Å². The lowest BCUT2D eigenvalue weighted by molar-refractivity contribution is 0.369. The van der Waals surface area contributed by atoms with E-state index in [2.05, 4.69) is 25.1 Å². The summed E-state index contributed by atoms with van der Waals surface area (Å²) in [6.45, 7) is 5.54. The number of fused-ring (bicyclic) bond motifs is 1. The van der Waals surface area contributed by atoms with Crippen LogP contribution in [0.1, 0.15) is 36.6 Å². The van der Waals surface area contributed by atoms with Gasteiger partial charge in [0.15, 0.2) is 5.96 Å². The number of nitrogens with zero attached hydrogens (tertiary/aromatic N) is 4. The molecule has 9 heteroatoms. The van der Waals surface area contributed by atoms with E-state index >= 15 is 0 Å². The predicted octanol–water partition coefficient (Wildman–Crippen LogP) is 3.74. The van der Waals surface area contributed by atoms with Gasteiger partial charge in [0.05, 0.1) is 6.04 Å². The molecule has 0 amide bonds. The largest absolute Gasteiger partial charge is 0.370 e. The molecule has 0 aliphatic carbocycles. The van der Waals surface area contributed by atoms with E-state index in [0.29, 0.717) is 28.5 Å². The van der Waals surface area contributed by atoms with Gasteiger partial charge in [-0.2, -0.15) is 0 Å². The minimum absolute atomic E-state index is 0. The number of hydrogen-bond acceptors (Lipinski definition) is 3. The van der Waals surface area contributed by atoms with Crippen LogP contribution in [0.2, 0.25) is 10.0 Å². The standard InChI is InChI=1S/C17H22Cl2N6.HI/c1-10(14-5-4-13(18)7-15(14)19)22-17(20)21-8-12-3-6-16-24-23-11(2)25(16)9-12;/h4-5,7,10,12H,3,6,8-9H2,1-2H3,(H3,20,21,22);1H. The van der Waals surface area contributed by atoms with Crippen molar-refractivity contribution in [3.8, 4) is 0 Å². The zero-order chi connectivity index (χ0) is 18.0. The monoisotopic (exact) mass is 508 g/mol. The first-order valence-electron chi connectivity index (χ1n) is 8.34. The normalized spacial score (nSPS) is 18.0. The molecule has 2 atom stereocenters. The molecule has 0 spiro atoms. The Labute approximate surface area is 180 Å². The van der Waals surface area contributed by atoms with Gasteiger partial charge in [0.2, 0.25) is 0 Å². The second kappa shape index (κ2) is 9.23. The molecule has 26 heavy (non-hydrogen) atoms. The molecule has 1 aliphatic heterocycles. The van der Waals surface area contributed by atoms with Crippen LogP contribution in [0.25, 0.3) is 0 Å². The number of guanidine groups is 1. The number of hydrogen-bond donors (Lipinski definition) is 2. The zero-order valence-corrected chi connectivity index (χ0v) is 18.6. The summed E-state index contributed by atoms with van der Waals surface area (Å²) in [7, 11) is 0. The van der Waals surface area contributed by atoms with Gasteiger partial charge in [0, 0.05) is 29.6 Å². The minimum Gasteiger partial charge on any atom is -0.370 e. The van der Waals surface area contributed by atoms with E-state index in [-0.39, 0.29) is 30.0 Å². The number of halogens is 3. The van der Waals surface area contributed by atoms with Gasteiger partial charge in [-0.15, -0.1) is 34.2 Å². The topological polar surface area (TPSA) is 81.1 Å². The molecule has 1 aliphatic rings. The van der Waals surface area contributed by atoms with Crippen molar-refractivity contribution >= 4 is 53.1 Å². The van der Waals surface area contributed by atoms with Crippen LogP contribution >= 0.6 is 47.2 Å². The van der Waals surface area contributed by atoms with Crippen LogP contribution in [0.15, 0.2) is 23.2 Å². The Morgan fingerprint density at radius 3 is 2.92 bits per heavy atom. The van der Waals surface area contributed by atoms with E-state index < -0.39 is 0 Å². The van der Waals surface area contributed by atoms with E-state index in [1.54, 1.807) is 6.07 Å². The number of rotatable bonds is 4. The molecular formula is C17H23Cl2IN6. The van der Waals surface area contributed by atoms with Gasteiger partial charge in [-0.3, -0.25) is 4.99 Å². The van der Waals surface area contributed by atoms with Crippen LogP contribution in [0.3, 0.4) is 0 Å². The molecule has 0 bridgehead atoms. The molecular weight excluding hydrogens is 486 g/mol. The fraction of sp³-hybridized carbons (Fsp3) is 0.471. The van der Waals surface area contributed by atoms with Gasteiger partial charge in [0.25, 0.3) is 0 Å². The highest BCUT2D eigenvalue weighted by molar-refractivity contribution is 14.0. The molecule has 0 radical (unpaired) electrons. The van der Waals surface area contributed by atoms with E-state index in [9.17, 15) is 0 Å². The van der Waals surface area contributed by atoms with E-state index in [1.807, 2.05) is 26.0 Å². The summed E-state index contributed by atoms with van der Waals surface area (Å²) in [6, 6.07) is 5.39. The van der Waals surface area contributed by atoms with Crippen molar-refractivity contribution in [2.24, 2.45) is 16.6 Å². The highest BCUT2D eigenvalue weighted by atomic mass is 127. The maximum atomic E-state index is 6.24. The second-order valence-electron chi connectivity index (χ2n) is 6.44. The van der Waals surface area contributed by atoms with Crippen LogP contribution in [0, 0.1) is 12.8 Å². The number of nitrogens with two attached hydrogens (primary N) is 1. The number of aliphatic imine (C=N–C) groups is 1. The molecule has 2 heterocycles. The summed E-state index contributed by atoms with van der Waals surface area (Å²) < 4.78 is 2.17. The molecule has 2 aromatic rings. The molecule has 0 saturated heterocycles. The molecule has 1 aromatic carbocycles. The summed E-state index contributed by atoms with van der Waals surface area (Å²) in [5, 5.41) is 12.7. The van der Waals surface area contributed by atoms with Crippen molar-refractivity contribution < 1.29 is 0 Å². The van der Waals surface area contributed by atoms with Gasteiger partial charge < -0.3 is 15.6 Å². The van der Waals surface area contributed by atoms with Crippen LogP contribution in [-0.4, -0.2) is 27.3 Å². The Kier molecular flexibility index (Phi) is 7.54. The molecule has 0 saturated carbocycles. The maximum Gasteiger partial charge on any atom is 0.189 e. The first-order valence-corrected chi connectivity index (χ1v) is 9.09. The first kappa shape index (κ1) is 21.2. The van der Waals surface area contributed by atoms with Crippen LogP contribution < -0.4 is 11.1 Å². The van der Waals surface area contributed by atoms with Crippen molar-refractivity contribution in [3.05, 3.63) is 45.5 Å². The molecule has 0 fully saturated rings. The number of aryl methyl sites for hydroxylation is 2. The van der Waals surface area contributed by atoms with Crippen molar-refractivity contribution in [2.45, 2.75) is 39.3 Å². The van der Waals surface area contributed by atoms with Crippen molar-refractivity contribution in [2.75, 3.05) is 6.54 Å². The smallest absolute Gasteiger partial charge is 0.189 e. The van der Waals surface area contributed by atoms with Gasteiger partial charge in [-0.25, -0.2) is 0 Å². The fourth-order valence-electron chi connectivity index (χ4n) is 3.10. The lowest BCUT2D eigenvalue weighted by atomic mass is 9.99. The number of nitrogens with one attached hydrogen (secondary N) is 1. The van der Waals surface area contributed by atoms with E-state index in [0.717, 1.165) is 36.6 Å². The summed E-state index contributed by atoms with van der Waals surface area (Å²) in [6.07, 6.45) is 1.98. The summed E-state index contributed by atoms with van der Waals surface area (Å²) in [5.74, 6) is 2.89. The average molecular weight is 509 g/mol. The minimum atomic E-state index is -0.0495. The van der Waals surface area contributed by atoms with Crippen LogP contribution in [0.5, 0.6) is 0 Å². The summed E-state index contributed by atoms with van der Waals surface area (Å²) in [4.78, 5) is 4.51. The Bertz CT molecular complexity index is 792. The Balaban J connectivity index is 0.00000243. The molecule has 3 N–H and O–H groups in total. The summed E-state index contributed by atoms with van der Waals surface area (Å²) >= 11 is 12.2. The third-order valence-corrected chi connectivity index (χ3v) is 5.10. The number of aromatic nitrogens is 3. The van der Waals surface area contributed by atoms with Gasteiger partial charge in [-0.1, -0.05) is 29.3 Å². The number of benzene rings is 1. The Morgan fingerprint density at radius 2 is 2.19 bits per heavy atom. The third-order valence-electron chi connectivity index (χ3n) is 4.54. The molecule has 142 valence electrons. The van der Waals surface area contributed by atoms with E-state index in [1.165, 1.54) is 0 Å². The summed E-state index contributed by atoms with van der Waals surface area (Å²) in [5.41, 5.74) is 6.99. The first-order chi connectivity index (χ1) is 11.9. The molecule has 1 aromatic heterocycles. The quantitative estimate of drug-likeness (QED) is 0.374. The van der Waals surface area contributed by atoms with Gasteiger partial charge in [-0.05, 0) is 43.9 Å². The average Bonchev–Trinajstić information content (AvgIpc) is 2.93. The second-order valence-corrected chi connectivity index (χ2v) is 7.28. The molecule has 2 unspecified atom stereocenters. The maximum absolute atomic E-state index is 6.24. The third kappa shape index (κ3) is 5.01. The van der Waals surface area contributed by atoms with E-state index in [4.69, 9.17) is 28.9 Å². The SMILES string of the molecule is Cc1nnc2n1CC(CN=C(N)NC(C)c1ccc(Cl)cc1Cl)CC2.I. The molecule has 6 nitrogen and oxygen atoms in total. The van der Waals surface area contributed by atoms with Crippen molar-refractivity contribution in [1.82, 2.24) is 20.1 Å². The predicted molar refractivity (Wildman–Crippen MR) is 116 cm³/mol. The highest BCUT2D eigenvalue weighted by Crippen LogP contribution is 2.26. The van der Waals surface area contributed by atoms with Crippen LogP contribution in [-0.2, 0) is 13.0 Å².